The molecule has 1 aromatic heterocycles. The normalized spacial score (nSPS) is 14.7. The lowest BCUT2D eigenvalue weighted by Gasteiger charge is -2.32. The quantitative estimate of drug-likeness (QED) is 0.538. The monoisotopic (exact) mass is 416 g/mol. The maximum absolute atomic E-state index is 14.3. The summed E-state index contributed by atoms with van der Waals surface area (Å²) in [7, 11) is 0. The molecule has 156 valence electrons. The molecule has 0 unspecified atom stereocenters. The van der Waals surface area contributed by atoms with Gasteiger partial charge in [0, 0.05) is 13.1 Å². The van der Waals surface area contributed by atoms with Crippen molar-refractivity contribution in [2.75, 3.05) is 18.4 Å². The minimum absolute atomic E-state index is 0.106. The van der Waals surface area contributed by atoms with Crippen LogP contribution in [0.25, 0.3) is 16.5 Å². The molecule has 4 aromatic rings. The van der Waals surface area contributed by atoms with E-state index in [1.807, 2.05) is 6.07 Å². The van der Waals surface area contributed by atoms with Crippen molar-refractivity contribution >= 4 is 22.5 Å². The number of urea groups is 1. The minimum Gasteiger partial charge on any atom is -0.324 e. The lowest BCUT2D eigenvalue weighted by Crippen LogP contribution is -2.40. The smallest absolute Gasteiger partial charge is 0.321 e. The fraction of sp³-hybridized carbons (Fsp3) is 0.217. The summed E-state index contributed by atoms with van der Waals surface area (Å²) in [4.78, 5) is 14.5. The average molecular weight is 416 g/mol. The van der Waals surface area contributed by atoms with Crippen LogP contribution in [0.4, 0.5) is 14.9 Å². The predicted octanol–water partition coefficient (Wildman–Crippen LogP) is 4.37. The first-order valence-electron chi connectivity index (χ1n) is 10.3. The number of amides is 2. The maximum atomic E-state index is 14.3. The summed E-state index contributed by atoms with van der Waals surface area (Å²) in [6.07, 6.45) is 3.15. The summed E-state index contributed by atoms with van der Waals surface area (Å²) in [5.41, 5.74) is 2.00. The molecule has 0 radical (unpaired) electrons. The zero-order chi connectivity index (χ0) is 21.2. The highest BCUT2D eigenvalue weighted by Crippen LogP contribution is 2.33. The van der Waals surface area contributed by atoms with E-state index in [0.29, 0.717) is 24.7 Å². The number of anilines is 1. The number of fused-ring (bicyclic) bond motifs is 1. The molecule has 0 spiro atoms. The van der Waals surface area contributed by atoms with Gasteiger partial charge >= 0.3 is 6.03 Å². The van der Waals surface area contributed by atoms with Gasteiger partial charge in [-0.3, -0.25) is 0 Å². The van der Waals surface area contributed by atoms with E-state index in [-0.39, 0.29) is 11.7 Å². The van der Waals surface area contributed by atoms with Gasteiger partial charge in [-0.1, -0.05) is 42.5 Å². The van der Waals surface area contributed by atoms with Crippen LogP contribution in [0.15, 0.2) is 67.0 Å². The third-order valence-electron chi connectivity index (χ3n) is 5.85. The Morgan fingerprint density at radius 2 is 1.84 bits per heavy atom. The molecule has 0 aliphatic carbocycles. The van der Waals surface area contributed by atoms with E-state index in [9.17, 15) is 9.18 Å². The van der Waals surface area contributed by atoms with Crippen molar-refractivity contribution in [2.24, 2.45) is 0 Å². The lowest BCUT2D eigenvalue weighted by atomic mass is 9.86. The van der Waals surface area contributed by atoms with Crippen LogP contribution in [-0.2, 0) is 0 Å². The molecule has 31 heavy (non-hydrogen) atoms. The molecule has 2 heterocycles. The summed E-state index contributed by atoms with van der Waals surface area (Å²) in [5.74, 6) is -0.106. The molecule has 1 fully saturated rings. The molecular formula is C23H21FN6O. The number of likely N-dealkylation sites (tertiary alicyclic amines) is 1. The molecule has 1 aliphatic rings. The number of carbonyl (C=O) groups excluding carboxylic acids is 1. The van der Waals surface area contributed by atoms with E-state index in [2.05, 4.69) is 57.2 Å². The summed E-state index contributed by atoms with van der Waals surface area (Å²) >= 11 is 0. The molecule has 1 aliphatic heterocycles. The second-order valence-electron chi connectivity index (χ2n) is 7.68. The highest BCUT2D eigenvalue weighted by atomic mass is 19.1. The molecule has 5 rings (SSSR count). The third kappa shape index (κ3) is 3.84. The van der Waals surface area contributed by atoms with Crippen LogP contribution in [0.5, 0.6) is 0 Å². The van der Waals surface area contributed by atoms with Gasteiger partial charge in [-0.15, -0.1) is 5.10 Å². The largest absolute Gasteiger partial charge is 0.324 e. The number of carbonyl (C=O) groups is 1. The summed E-state index contributed by atoms with van der Waals surface area (Å²) in [6, 6.07) is 18.9. The van der Waals surface area contributed by atoms with Gasteiger partial charge in [-0.2, -0.15) is 0 Å². The van der Waals surface area contributed by atoms with E-state index < -0.39 is 5.82 Å². The average Bonchev–Trinajstić information content (AvgIpc) is 3.35. The number of hydrogen-bond acceptors (Lipinski definition) is 4. The van der Waals surface area contributed by atoms with Crippen LogP contribution in [0.1, 0.15) is 24.3 Å². The number of rotatable bonds is 3. The number of piperidine rings is 1. The molecule has 0 bridgehead atoms. The molecule has 0 saturated carbocycles. The van der Waals surface area contributed by atoms with Crippen molar-refractivity contribution in [3.8, 4) is 5.69 Å². The van der Waals surface area contributed by atoms with Gasteiger partial charge < -0.3 is 10.2 Å². The predicted molar refractivity (Wildman–Crippen MR) is 116 cm³/mol. The highest BCUT2D eigenvalue weighted by Gasteiger charge is 2.25. The number of nitrogens with zero attached hydrogens (tertiary/aromatic N) is 5. The molecule has 0 atom stereocenters. The van der Waals surface area contributed by atoms with E-state index in [1.54, 1.807) is 11.0 Å². The van der Waals surface area contributed by atoms with Gasteiger partial charge in [-0.05, 0) is 63.7 Å². The van der Waals surface area contributed by atoms with Crippen molar-refractivity contribution in [3.63, 3.8) is 0 Å². The number of hydrogen-bond donors (Lipinski definition) is 1. The molecule has 1 saturated heterocycles. The number of tetrazole rings is 1. The first-order valence-corrected chi connectivity index (χ1v) is 10.3. The van der Waals surface area contributed by atoms with Crippen molar-refractivity contribution < 1.29 is 9.18 Å². The van der Waals surface area contributed by atoms with Gasteiger partial charge in [0.1, 0.15) is 12.1 Å². The van der Waals surface area contributed by atoms with Crippen LogP contribution in [0.2, 0.25) is 0 Å². The standard InChI is InChI=1S/C23H21FN6O/c24-21-9-8-18(30-15-25-27-28-30)14-22(21)26-23(31)29-12-10-17(11-13-29)20-7-3-5-16-4-1-2-6-19(16)20/h1-9,14-15,17H,10-13H2,(H,26,31). The van der Waals surface area contributed by atoms with Crippen LogP contribution in [-0.4, -0.2) is 44.2 Å². The van der Waals surface area contributed by atoms with E-state index >= 15 is 0 Å². The summed E-state index contributed by atoms with van der Waals surface area (Å²) in [5, 5.41) is 16.2. The topological polar surface area (TPSA) is 75.9 Å². The van der Waals surface area contributed by atoms with E-state index in [4.69, 9.17) is 0 Å². The number of halogens is 1. The van der Waals surface area contributed by atoms with Crippen molar-refractivity contribution in [1.29, 1.82) is 0 Å². The molecule has 1 N–H and O–H groups in total. The second kappa shape index (κ2) is 8.14. The molecule has 3 aromatic carbocycles. The number of aromatic nitrogens is 4. The fourth-order valence-corrected chi connectivity index (χ4v) is 4.23. The minimum atomic E-state index is -0.504. The fourth-order valence-electron chi connectivity index (χ4n) is 4.23. The molecule has 2 amide bonds. The Kier molecular flexibility index (Phi) is 5.03. The molecular weight excluding hydrogens is 395 g/mol. The van der Waals surface area contributed by atoms with Gasteiger partial charge in [0.05, 0.1) is 11.4 Å². The Bertz CT molecular complexity index is 1210. The SMILES string of the molecule is O=C(Nc1cc(-n2cnnn2)ccc1F)N1CCC(c2cccc3ccccc23)CC1. The third-order valence-corrected chi connectivity index (χ3v) is 5.85. The number of nitrogens with one attached hydrogen (secondary N) is 1. The van der Waals surface area contributed by atoms with E-state index in [0.717, 1.165) is 12.8 Å². The van der Waals surface area contributed by atoms with Crippen LogP contribution >= 0.6 is 0 Å². The van der Waals surface area contributed by atoms with Crippen molar-refractivity contribution in [1.82, 2.24) is 25.1 Å². The van der Waals surface area contributed by atoms with Crippen LogP contribution in [0.3, 0.4) is 0 Å². The van der Waals surface area contributed by atoms with Crippen LogP contribution in [0, 0.1) is 5.82 Å². The Morgan fingerprint density at radius 3 is 2.65 bits per heavy atom. The zero-order valence-electron chi connectivity index (χ0n) is 16.8. The summed E-state index contributed by atoms with van der Waals surface area (Å²) < 4.78 is 15.7. The van der Waals surface area contributed by atoms with Crippen molar-refractivity contribution in [2.45, 2.75) is 18.8 Å². The van der Waals surface area contributed by atoms with Gasteiger partial charge in [0.25, 0.3) is 0 Å². The zero-order valence-corrected chi connectivity index (χ0v) is 16.8. The number of benzene rings is 3. The Hall–Kier alpha value is -3.81. The molecule has 8 heteroatoms. The van der Waals surface area contributed by atoms with Gasteiger partial charge in [0.2, 0.25) is 0 Å². The maximum Gasteiger partial charge on any atom is 0.321 e. The first kappa shape index (κ1) is 19.2. The van der Waals surface area contributed by atoms with Crippen molar-refractivity contribution in [3.05, 3.63) is 78.4 Å². The lowest BCUT2D eigenvalue weighted by molar-refractivity contribution is 0.194. The Labute approximate surface area is 178 Å². The Balaban J connectivity index is 1.27. The summed E-state index contributed by atoms with van der Waals surface area (Å²) in [6.45, 7) is 1.24. The Morgan fingerprint density at radius 1 is 1.03 bits per heavy atom. The van der Waals surface area contributed by atoms with Gasteiger partial charge in [0.15, 0.2) is 0 Å². The first-order chi connectivity index (χ1) is 15.2. The second-order valence-corrected chi connectivity index (χ2v) is 7.68. The van der Waals surface area contributed by atoms with E-state index in [1.165, 1.54) is 39.5 Å². The highest BCUT2D eigenvalue weighted by molar-refractivity contribution is 5.90. The van der Waals surface area contributed by atoms with Crippen LogP contribution < -0.4 is 5.32 Å². The molecule has 7 nitrogen and oxygen atoms in total. The van der Waals surface area contributed by atoms with Gasteiger partial charge in [-0.25, -0.2) is 13.9 Å².